The summed E-state index contributed by atoms with van der Waals surface area (Å²) < 4.78 is 13.8. The number of nitrogens with one attached hydrogen (secondary N) is 1. The molecule has 0 radical (unpaired) electrons. The van der Waals surface area contributed by atoms with Crippen LogP contribution in [0, 0.1) is 12.7 Å². The minimum absolute atomic E-state index is 0.0386. The first kappa shape index (κ1) is 14.0. The van der Waals surface area contributed by atoms with Gasteiger partial charge < -0.3 is 10.2 Å². The van der Waals surface area contributed by atoms with Gasteiger partial charge in [0, 0.05) is 5.69 Å². The van der Waals surface area contributed by atoms with E-state index in [1.807, 2.05) is 0 Å². The molecular weight excluding hydrogens is 271 g/mol. The largest absolute Gasteiger partial charge is 0.340 e. The minimum atomic E-state index is -0.783. The van der Waals surface area contributed by atoms with Gasteiger partial charge in [0.1, 0.15) is 17.9 Å². The Balaban J connectivity index is 1.95. The Morgan fingerprint density at radius 2 is 1.90 bits per heavy atom. The molecule has 2 fully saturated rings. The first-order chi connectivity index (χ1) is 10.0. The Labute approximate surface area is 123 Å². The summed E-state index contributed by atoms with van der Waals surface area (Å²) in [4.78, 5) is 26.3. The fourth-order valence-corrected chi connectivity index (χ4v) is 3.29. The van der Waals surface area contributed by atoms with Crippen LogP contribution >= 0.6 is 0 Å². The van der Waals surface area contributed by atoms with Crippen molar-refractivity contribution in [1.82, 2.24) is 5.32 Å². The third-order valence-electron chi connectivity index (χ3n) is 4.51. The Kier molecular flexibility index (Phi) is 3.43. The molecule has 5 heteroatoms. The number of nitrogens with zero attached hydrogens (tertiary/aromatic N) is 1. The van der Waals surface area contributed by atoms with Gasteiger partial charge in [0.2, 0.25) is 5.91 Å². The highest BCUT2D eigenvalue weighted by Crippen LogP contribution is 2.34. The molecule has 112 valence electrons. The first-order valence-corrected chi connectivity index (χ1v) is 7.41. The molecule has 1 saturated heterocycles. The van der Waals surface area contributed by atoms with Crippen molar-refractivity contribution in [2.24, 2.45) is 0 Å². The molecule has 2 amide bonds. The number of aryl methyl sites for hydroxylation is 1. The van der Waals surface area contributed by atoms with Crippen molar-refractivity contribution in [1.29, 1.82) is 0 Å². The Hall–Kier alpha value is -1.91. The number of piperazine rings is 1. The maximum absolute atomic E-state index is 13.8. The average Bonchev–Trinajstić information content (AvgIpc) is 2.47. The Morgan fingerprint density at radius 1 is 1.19 bits per heavy atom. The van der Waals surface area contributed by atoms with E-state index >= 15 is 0 Å². The lowest BCUT2D eigenvalue weighted by molar-refractivity contribution is -0.137. The molecule has 1 N–H and O–H groups in total. The van der Waals surface area contributed by atoms with Crippen molar-refractivity contribution in [3.8, 4) is 0 Å². The molecule has 0 bridgehead atoms. The molecule has 1 aromatic carbocycles. The molecule has 0 aromatic heterocycles. The van der Waals surface area contributed by atoms with Gasteiger partial charge in [-0.1, -0.05) is 25.3 Å². The molecular formula is C16H19FN2O2. The number of rotatable bonds is 1. The molecule has 1 saturated carbocycles. The first-order valence-electron chi connectivity index (χ1n) is 7.41. The normalized spacial score (nSPS) is 21.5. The number of carbonyl (C=O) groups is 2. The molecule has 1 spiro atoms. The van der Waals surface area contributed by atoms with Gasteiger partial charge in [0.05, 0.1) is 0 Å². The van der Waals surface area contributed by atoms with E-state index in [1.54, 1.807) is 19.1 Å². The van der Waals surface area contributed by atoms with Gasteiger partial charge in [0.15, 0.2) is 0 Å². The predicted molar refractivity (Wildman–Crippen MR) is 77.4 cm³/mol. The number of carbonyl (C=O) groups excluding carboxylic acids is 2. The summed E-state index contributed by atoms with van der Waals surface area (Å²) in [5, 5.41) is 2.88. The number of halogens is 1. The van der Waals surface area contributed by atoms with E-state index in [9.17, 15) is 14.0 Å². The van der Waals surface area contributed by atoms with Crippen LogP contribution in [0.4, 0.5) is 10.1 Å². The lowest BCUT2D eigenvalue weighted by atomic mass is 9.79. The monoisotopic (exact) mass is 290 g/mol. The van der Waals surface area contributed by atoms with Crippen molar-refractivity contribution in [2.45, 2.75) is 44.6 Å². The lowest BCUT2D eigenvalue weighted by Crippen LogP contribution is -2.67. The van der Waals surface area contributed by atoms with Crippen molar-refractivity contribution >= 4 is 17.5 Å². The summed E-state index contributed by atoms with van der Waals surface area (Å²) in [6.45, 7) is 1.63. The molecule has 3 rings (SSSR count). The second-order valence-electron chi connectivity index (χ2n) is 6.02. The number of hydrogen-bond donors (Lipinski definition) is 1. The van der Waals surface area contributed by atoms with Crippen molar-refractivity contribution in [3.05, 3.63) is 29.6 Å². The zero-order chi connectivity index (χ0) is 15.0. The predicted octanol–water partition coefficient (Wildman–Crippen LogP) is 2.30. The van der Waals surface area contributed by atoms with E-state index in [1.165, 1.54) is 11.0 Å². The summed E-state index contributed by atoms with van der Waals surface area (Å²) in [6.07, 6.45) is 4.29. The number of amides is 2. The quantitative estimate of drug-likeness (QED) is 0.863. The van der Waals surface area contributed by atoms with Gasteiger partial charge in [-0.05, 0) is 37.5 Å². The average molecular weight is 290 g/mol. The number of benzene rings is 1. The lowest BCUT2D eigenvalue weighted by Gasteiger charge is -2.44. The van der Waals surface area contributed by atoms with Crippen molar-refractivity contribution < 1.29 is 14.0 Å². The Bertz CT molecular complexity index is 594. The molecule has 2 aliphatic rings. The molecule has 0 atom stereocenters. The zero-order valence-electron chi connectivity index (χ0n) is 12.1. The molecule has 1 heterocycles. The molecule has 1 aliphatic carbocycles. The van der Waals surface area contributed by atoms with Crippen LogP contribution in [0.5, 0.6) is 0 Å². The molecule has 1 aliphatic heterocycles. The van der Waals surface area contributed by atoms with Crippen LogP contribution in [0.25, 0.3) is 0 Å². The van der Waals surface area contributed by atoms with Gasteiger partial charge >= 0.3 is 0 Å². The highest BCUT2D eigenvalue weighted by atomic mass is 19.1. The summed E-state index contributed by atoms with van der Waals surface area (Å²) in [7, 11) is 0. The fraction of sp³-hybridized carbons (Fsp3) is 0.500. The van der Waals surface area contributed by atoms with Crippen LogP contribution in [-0.4, -0.2) is 23.9 Å². The second kappa shape index (κ2) is 5.13. The van der Waals surface area contributed by atoms with Crippen LogP contribution in [-0.2, 0) is 9.59 Å². The summed E-state index contributed by atoms with van der Waals surface area (Å²) in [5.41, 5.74) is 0.206. The standard InChI is InChI=1S/C16H19FN2O2/c1-11-5-6-12(9-13(11)17)19-10-14(20)18-16(15(19)21)7-3-2-4-8-16/h5-6,9H,2-4,7-8,10H2,1H3,(H,18,20). The van der Waals surface area contributed by atoms with Gasteiger partial charge in [0.25, 0.3) is 5.91 Å². The van der Waals surface area contributed by atoms with Gasteiger partial charge in [-0.25, -0.2) is 4.39 Å². The maximum atomic E-state index is 13.8. The van der Waals surface area contributed by atoms with Crippen molar-refractivity contribution in [3.63, 3.8) is 0 Å². The SMILES string of the molecule is Cc1ccc(N2CC(=O)NC3(CCCCC3)C2=O)cc1F. The highest BCUT2D eigenvalue weighted by Gasteiger charge is 2.47. The second-order valence-corrected chi connectivity index (χ2v) is 6.02. The van der Waals surface area contributed by atoms with Crippen LogP contribution in [0.3, 0.4) is 0 Å². The van der Waals surface area contributed by atoms with Crippen LogP contribution in [0.15, 0.2) is 18.2 Å². The molecule has 0 unspecified atom stereocenters. The fourth-order valence-electron chi connectivity index (χ4n) is 3.29. The van der Waals surface area contributed by atoms with E-state index in [0.29, 0.717) is 24.1 Å². The van der Waals surface area contributed by atoms with E-state index < -0.39 is 5.54 Å². The number of anilines is 1. The summed E-state index contributed by atoms with van der Waals surface area (Å²) in [6, 6.07) is 4.67. The van der Waals surface area contributed by atoms with Crippen LogP contribution in [0.2, 0.25) is 0 Å². The van der Waals surface area contributed by atoms with E-state index in [-0.39, 0.29) is 24.2 Å². The molecule has 1 aromatic rings. The van der Waals surface area contributed by atoms with Crippen LogP contribution < -0.4 is 10.2 Å². The van der Waals surface area contributed by atoms with E-state index in [4.69, 9.17) is 0 Å². The zero-order valence-corrected chi connectivity index (χ0v) is 12.1. The number of hydrogen-bond acceptors (Lipinski definition) is 2. The van der Waals surface area contributed by atoms with Gasteiger partial charge in [-0.15, -0.1) is 0 Å². The Morgan fingerprint density at radius 3 is 2.57 bits per heavy atom. The minimum Gasteiger partial charge on any atom is -0.340 e. The third-order valence-corrected chi connectivity index (χ3v) is 4.51. The highest BCUT2D eigenvalue weighted by molar-refractivity contribution is 6.09. The van der Waals surface area contributed by atoms with Gasteiger partial charge in [-0.3, -0.25) is 9.59 Å². The summed E-state index contributed by atoms with van der Waals surface area (Å²) >= 11 is 0. The van der Waals surface area contributed by atoms with E-state index in [2.05, 4.69) is 5.32 Å². The van der Waals surface area contributed by atoms with Crippen molar-refractivity contribution in [2.75, 3.05) is 11.4 Å². The maximum Gasteiger partial charge on any atom is 0.253 e. The molecule has 4 nitrogen and oxygen atoms in total. The van der Waals surface area contributed by atoms with Gasteiger partial charge in [-0.2, -0.15) is 0 Å². The smallest absolute Gasteiger partial charge is 0.253 e. The third kappa shape index (κ3) is 2.41. The van der Waals surface area contributed by atoms with E-state index in [0.717, 1.165) is 19.3 Å². The summed E-state index contributed by atoms with van der Waals surface area (Å²) in [5.74, 6) is -0.633. The van der Waals surface area contributed by atoms with Crippen LogP contribution in [0.1, 0.15) is 37.7 Å². The molecule has 21 heavy (non-hydrogen) atoms. The topological polar surface area (TPSA) is 49.4 Å².